The fourth-order valence-electron chi connectivity index (χ4n) is 1.26. The van der Waals surface area contributed by atoms with Gasteiger partial charge in [-0.3, -0.25) is 4.98 Å². The Hall–Kier alpha value is -1.68. The molecule has 2 aromatic rings. The summed E-state index contributed by atoms with van der Waals surface area (Å²) in [5.41, 5.74) is 1.60. The Balaban J connectivity index is 2.48. The van der Waals surface area contributed by atoms with Gasteiger partial charge < -0.3 is 5.11 Å². The minimum absolute atomic E-state index is 0.0622. The van der Waals surface area contributed by atoms with Crippen LogP contribution in [0.25, 0.3) is 16.5 Å². The van der Waals surface area contributed by atoms with Gasteiger partial charge in [-0.05, 0) is 19.1 Å². The molecule has 0 atom stereocenters. The first-order valence-corrected chi connectivity index (χ1v) is 5.27. The van der Waals surface area contributed by atoms with Gasteiger partial charge >= 0.3 is 0 Å². The summed E-state index contributed by atoms with van der Waals surface area (Å²) in [6, 6.07) is 5.66. The van der Waals surface area contributed by atoms with E-state index in [1.807, 2.05) is 25.1 Å². The second-order valence-corrected chi connectivity index (χ2v) is 4.09. The van der Waals surface area contributed by atoms with Crippen molar-refractivity contribution in [3.63, 3.8) is 0 Å². The molecule has 0 amide bonds. The van der Waals surface area contributed by atoms with Crippen LogP contribution in [0.2, 0.25) is 0 Å². The maximum Gasteiger partial charge on any atom is 0.142 e. The molecule has 0 saturated heterocycles. The number of aliphatic hydroxyl groups excluding tert-OH is 1. The van der Waals surface area contributed by atoms with Gasteiger partial charge in [0.1, 0.15) is 10.8 Å². The first kappa shape index (κ1) is 9.86. The molecule has 0 spiro atoms. The third kappa shape index (κ3) is 1.89. The molecule has 0 aliphatic rings. The van der Waals surface area contributed by atoms with Crippen molar-refractivity contribution in [2.75, 3.05) is 0 Å². The Morgan fingerprint density at radius 1 is 1.47 bits per heavy atom. The van der Waals surface area contributed by atoms with E-state index in [-0.39, 0.29) is 5.76 Å². The first-order chi connectivity index (χ1) is 7.18. The summed E-state index contributed by atoms with van der Waals surface area (Å²) in [5.74, 6) is 0.0622. The molecule has 0 fully saturated rings. The third-order valence-electron chi connectivity index (χ3n) is 1.94. The number of rotatable bonds is 2. The van der Waals surface area contributed by atoms with Gasteiger partial charge in [-0.1, -0.05) is 12.6 Å². The standard InChI is InChI=1S/C11H10N2OS/c1-7-10(8(2)14)15-11(13-7)9-5-3-4-6-12-9/h3-6,14H,2H2,1H3. The van der Waals surface area contributed by atoms with Gasteiger partial charge in [-0.15, -0.1) is 11.3 Å². The molecule has 0 aliphatic carbocycles. The summed E-state index contributed by atoms with van der Waals surface area (Å²) in [4.78, 5) is 9.25. The molecule has 0 saturated carbocycles. The molecule has 4 heteroatoms. The van der Waals surface area contributed by atoms with Crippen LogP contribution >= 0.6 is 11.3 Å². The molecule has 0 aliphatic heterocycles. The van der Waals surface area contributed by atoms with Crippen molar-refractivity contribution >= 4 is 17.1 Å². The van der Waals surface area contributed by atoms with Gasteiger partial charge in [0.15, 0.2) is 0 Å². The highest BCUT2D eigenvalue weighted by Crippen LogP contribution is 2.29. The van der Waals surface area contributed by atoms with Crippen LogP contribution in [0.5, 0.6) is 0 Å². The van der Waals surface area contributed by atoms with Crippen molar-refractivity contribution < 1.29 is 5.11 Å². The summed E-state index contributed by atoms with van der Waals surface area (Å²) in [6.07, 6.45) is 1.72. The minimum Gasteiger partial charge on any atom is -0.507 e. The number of aromatic nitrogens is 2. The fraction of sp³-hybridized carbons (Fsp3) is 0.0909. The van der Waals surface area contributed by atoms with Crippen LogP contribution in [-0.4, -0.2) is 15.1 Å². The normalized spacial score (nSPS) is 10.2. The van der Waals surface area contributed by atoms with Gasteiger partial charge in [0.25, 0.3) is 0 Å². The van der Waals surface area contributed by atoms with Crippen molar-refractivity contribution in [1.29, 1.82) is 0 Å². The Labute approximate surface area is 91.8 Å². The van der Waals surface area contributed by atoms with Crippen LogP contribution in [0, 0.1) is 6.92 Å². The Bertz CT molecular complexity index is 491. The van der Waals surface area contributed by atoms with Crippen LogP contribution in [0.4, 0.5) is 0 Å². The first-order valence-electron chi connectivity index (χ1n) is 4.45. The minimum atomic E-state index is 0.0622. The van der Waals surface area contributed by atoms with E-state index < -0.39 is 0 Å². The van der Waals surface area contributed by atoms with Gasteiger partial charge in [0.05, 0.1) is 16.3 Å². The summed E-state index contributed by atoms with van der Waals surface area (Å²) in [6.45, 7) is 5.35. The number of aryl methyl sites for hydroxylation is 1. The smallest absolute Gasteiger partial charge is 0.142 e. The zero-order valence-electron chi connectivity index (χ0n) is 8.27. The highest BCUT2D eigenvalue weighted by molar-refractivity contribution is 7.16. The lowest BCUT2D eigenvalue weighted by atomic mass is 10.3. The molecule has 2 heterocycles. The lowest BCUT2D eigenvalue weighted by molar-refractivity contribution is 0.515. The second kappa shape index (κ2) is 3.82. The highest BCUT2D eigenvalue weighted by atomic mass is 32.1. The lowest BCUT2D eigenvalue weighted by Gasteiger charge is -1.92. The van der Waals surface area contributed by atoms with Crippen LogP contribution in [0.3, 0.4) is 0 Å². The van der Waals surface area contributed by atoms with E-state index in [0.29, 0.717) is 0 Å². The average Bonchev–Trinajstić information content (AvgIpc) is 2.62. The van der Waals surface area contributed by atoms with E-state index in [9.17, 15) is 5.11 Å². The number of hydrogen-bond acceptors (Lipinski definition) is 4. The lowest BCUT2D eigenvalue weighted by Crippen LogP contribution is -1.81. The Morgan fingerprint density at radius 3 is 2.80 bits per heavy atom. The maximum atomic E-state index is 9.32. The predicted octanol–water partition coefficient (Wildman–Crippen LogP) is 3.04. The second-order valence-electron chi connectivity index (χ2n) is 3.10. The highest BCUT2D eigenvalue weighted by Gasteiger charge is 2.11. The van der Waals surface area contributed by atoms with Crippen molar-refractivity contribution in [3.05, 3.63) is 41.5 Å². The predicted molar refractivity (Wildman–Crippen MR) is 61.7 cm³/mol. The van der Waals surface area contributed by atoms with Gasteiger partial charge in [-0.25, -0.2) is 4.98 Å². The quantitative estimate of drug-likeness (QED) is 0.788. The van der Waals surface area contributed by atoms with Gasteiger partial charge in [-0.2, -0.15) is 0 Å². The molecule has 0 radical (unpaired) electrons. The fourth-order valence-corrected chi connectivity index (χ4v) is 2.18. The SMILES string of the molecule is C=C(O)c1sc(-c2ccccn2)nc1C. The molecule has 1 N–H and O–H groups in total. The van der Waals surface area contributed by atoms with E-state index in [0.717, 1.165) is 21.3 Å². The van der Waals surface area contributed by atoms with E-state index in [2.05, 4.69) is 16.5 Å². The van der Waals surface area contributed by atoms with E-state index in [1.165, 1.54) is 11.3 Å². The van der Waals surface area contributed by atoms with Crippen molar-refractivity contribution in [2.45, 2.75) is 6.92 Å². The molecule has 15 heavy (non-hydrogen) atoms. The van der Waals surface area contributed by atoms with Crippen molar-refractivity contribution in [3.8, 4) is 10.7 Å². The molecule has 2 aromatic heterocycles. The van der Waals surface area contributed by atoms with E-state index in [1.54, 1.807) is 6.20 Å². The molecule has 3 nitrogen and oxygen atoms in total. The molecular formula is C11H10N2OS. The van der Waals surface area contributed by atoms with Crippen LogP contribution in [0.15, 0.2) is 31.0 Å². The molecule has 0 aromatic carbocycles. The summed E-state index contributed by atoms with van der Waals surface area (Å²) < 4.78 is 0. The van der Waals surface area contributed by atoms with Crippen LogP contribution < -0.4 is 0 Å². The molecule has 0 unspecified atom stereocenters. The molecular weight excluding hydrogens is 208 g/mol. The van der Waals surface area contributed by atoms with Crippen molar-refractivity contribution in [1.82, 2.24) is 9.97 Å². The molecule has 0 bridgehead atoms. The number of thiazole rings is 1. The number of pyridine rings is 1. The van der Waals surface area contributed by atoms with Crippen molar-refractivity contribution in [2.24, 2.45) is 0 Å². The van der Waals surface area contributed by atoms with Crippen LogP contribution in [0.1, 0.15) is 10.6 Å². The molecule has 2 rings (SSSR count). The largest absolute Gasteiger partial charge is 0.507 e. The van der Waals surface area contributed by atoms with E-state index in [4.69, 9.17) is 0 Å². The van der Waals surface area contributed by atoms with Crippen LogP contribution in [-0.2, 0) is 0 Å². The Kier molecular flexibility index (Phi) is 2.51. The summed E-state index contributed by atoms with van der Waals surface area (Å²) in [7, 11) is 0. The summed E-state index contributed by atoms with van der Waals surface area (Å²) in [5, 5.41) is 10.1. The zero-order valence-corrected chi connectivity index (χ0v) is 9.08. The number of nitrogens with zero attached hydrogens (tertiary/aromatic N) is 2. The molecule has 76 valence electrons. The third-order valence-corrected chi connectivity index (χ3v) is 3.17. The van der Waals surface area contributed by atoms with Gasteiger partial charge in [0, 0.05) is 6.20 Å². The maximum absolute atomic E-state index is 9.32. The topological polar surface area (TPSA) is 46.0 Å². The zero-order chi connectivity index (χ0) is 10.8. The Morgan fingerprint density at radius 2 is 2.27 bits per heavy atom. The number of aliphatic hydroxyl groups is 1. The summed E-state index contributed by atoms with van der Waals surface area (Å²) >= 11 is 1.40. The average molecular weight is 218 g/mol. The van der Waals surface area contributed by atoms with Gasteiger partial charge in [0.2, 0.25) is 0 Å². The van der Waals surface area contributed by atoms with E-state index >= 15 is 0 Å². The number of hydrogen-bond donors (Lipinski definition) is 1. The monoisotopic (exact) mass is 218 g/mol.